The highest BCUT2D eigenvalue weighted by Gasteiger charge is 2.20. The smallest absolute Gasteiger partial charge is 0.255 e. The summed E-state index contributed by atoms with van der Waals surface area (Å²) in [4.78, 5) is 20.1. The second kappa shape index (κ2) is 5.47. The van der Waals surface area contributed by atoms with E-state index in [4.69, 9.17) is 12.2 Å². The molecular weight excluding hydrogens is 308 g/mol. The van der Waals surface area contributed by atoms with Crippen molar-refractivity contribution in [2.45, 2.75) is 19.5 Å². The highest BCUT2D eigenvalue weighted by Crippen LogP contribution is 2.21. The Balaban J connectivity index is 1.63. The third-order valence-electron chi connectivity index (χ3n) is 4.63. The van der Waals surface area contributed by atoms with E-state index in [1.165, 1.54) is 16.6 Å². The Morgan fingerprint density at radius 3 is 2.91 bits per heavy atom. The quantitative estimate of drug-likeness (QED) is 0.711. The second-order valence-corrected chi connectivity index (χ2v) is 6.49. The van der Waals surface area contributed by atoms with Crippen molar-refractivity contribution in [3.8, 4) is 0 Å². The van der Waals surface area contributed by atoms with Crippen molar-refractivity contribution < 1.29 is 0 Å². The molecule has 0 saturated heterocycles. The third-order valence-corrected chi connectivity index (χ3v) is 4.83. The van der Waals surface area contributed by atoms with Gasteiger partial charge in [0.25, 0.3) is 5.56 Å². The molecule has 1 aliphatic heterocycles. The van der Waals surface area contributed by atoms with Crippen molar-refractivity contribution in [3.63, 3.8) is 0 Å². The molecule has 23 heavy (non-hydrogen) atoms. The third kappa shape index (κ3) is 2.54. The Bertz CT molecular complexity index is 998. The van der Waals surface area contributed by atoms with E-state index >= 15 is 0 Å². The summed E-state index contributed by atoms with van der Waals surface area (Å²) in [6, 6.07) is 10.7. The molecule has 118 valence electrons. The largest absolute Gasteiger partial charge is 0.346 e. The zero-order valence-electron chi connectivity index (χ0n) is 12.9. The first-order valence-corrected chi connectivity index (χ1v) is 8.12. The lowest BCUT2D eigenvalue weighted by atomic mass is 10.1. The van der Waals surface area contributed by atoms with E-state index in [0.29, 0.717) is 4.77 Å². The lowest BCUT2D eigenvalue weighted by molar-refractivity contribution is 0.235. The molecule has 0 radical (unpaired) electrons. The zero-order valence-corrected chi connectivity index (χ0v) is 13.7. The topological polar surface area (TPSA) is 56.8 Å². The Labute approximate surface area is 138 Å². The van der Waals surface area contributed by atoms with Crippen LogP contribution < -0.4 is 5.56 Å². The average Bonchev–Trinajstić information content (AvgIpc) is 2.83. The number of hydrogen-bond acceptors (Lipinski definition) is 3. The molecule has 1 aromatic carbocycles. The summed E-state index contributed by atoms with van der Waals surface area (Å²) in [7, 11) is 2.10. The minimum atomic E-state index is -0.0481. The average molecular weight is 326 g/mol. The number of rotatable bonds is 2. The molecule has 4 rings (SSSR count). The van der Waals surface area contributed by atoms with Gasteiger partial charge in [-0.25, -0.2) is 0 Å². The maximum Gasteiger partial charge on any atom is 0.255 e. The maximum atomic E-state index is 12.0. The highest BCUT2D eigenvalue weighted by molar-refractivity contribution is 7.71. The van der Waals surface area contributed by atoms with E-state index in [1.54, 1.807) is 0 Å². The van der Waals surface area contributed by atoms with Crippen LogP contribution in [0, 0.1) is 4.77 Å². The van der Waals surface area contributed by atoms with Gasteiger partial charge in [0.05, 0.1) is 0 Å². The molecule has 1 aliphatic rings. The van der Waals surface area contributed by atoms with Gasteiger partial charge in [-0.15, -0.1) is 0 Å². The molecule has 2 N–H and O–H groups in total. The predicted octanol–water partition coefficient (Wildman–Crippen LogP) is 2.48. The van der Waals surface area contributed by atoms with E-state index in [1.807, 2.05) is 0 Å². The summed E-state index contributed by atoms with van der Waals surface area (Å²) >= 11 is 5.08. The summed E-state index contributed by atoms with van der Waals surface area (Å²) in [5.41, 5.74) is 4.26. The van der Waals surface area contributed by atoms with E-state index in [0.717, 1.165) is 37.3 Å². The molecule has 0 fully saturated rings. The molecule has 0 unspecified atom stereocenters. The van der Waals surface area contributed by atoms with Gasteiger partial charge in [0.15, 0.2) is 4.77 Å². The number of H-pyrrole nitrogens is 2. The number of hydrogen-bond donors (Lipinski definition) is 2. The van der Waals surface area contributed by atoms with Gasteiger partial charge < -0.3 is 9.55 Å². The van der Waals surface area contributed by atoms with Gasteiger partial charge in [-0.2, -0.15) is 0 Å². The van der Waals surface area contributed by atoms with Crippen molar-refractivity contribution in [1.82, 2.24) is 19.4 Å². The van der Waals surface area contributed by atoms with Gasteiger partial charge >= 0.3 is 0 Å². The molecular formula is C17H18N4OS. The van der Waals surface area contributed by atoms with Gasteiger partial charge in [0.2, 0.25) is 0 Å². The van der Waals surface area contributed by atoms with Crippen molar-refractivity contribution >= 4 is 23.1 Å². The van der Waals surface area contributed by atoms with Gasteiger partial charge in [-0.1, -0.05) is 18.2 Å². The van der Waals surface area contributed by atoms with Crippen molar-refractivity contribution in [2.24, 2.45) is 7.05 Å². The van der Waals surface area contributed by atoms with Gasteiger partial charge in [-0.05, 0) is 36.2 Å². The number of fused-ring (bicyclic) bond motifs is 2. The van der Waals surface area contributed by atoms with Crippen molar-refractivity contribution in [2.75, 3.05) is 6.54 Å². The first kappa shape index (κ1) is 14.4. The fourth-order valence-electron chi connectivity index (χ4n) is 3.39. The first-order valence-electron chi connectivity index (χ1n) is 7.72. The van der Waals surface area contributed by atoms with Crippen LogP contribution in [0.5, 0.6) is 0 Å². The van der Waals surface area contributed by atoms with Crippen LogP contribution in [0.2, 0.25) is 0 Å². The monoisotopic (exact) mass is 326 g/mol. The molecule has 6 heteroatoms. The number of nitrogens with zero attached hydrogens (tertiary/aromatic N) is 2. The van der Waals surface area contributed by atoms with Crippen molar-refractivity contribution in [3.05, 3.63) is 62.4 Å². The number of para-hydroxylation sites is 1. The van der Waals surface area contributed by atoms with E-state index in [-0.39, 0.29) is 5.56 Å². The van der Waals surface area contributed by atoms with Gasteiger partial charge in [0, 0.05) is 49.1 Å². The van der Waals surface area contributed by atoms with Crippen LogP contribution >= 0.6 is 12.2 Å². The van der Waals surface area contributed by atoms with Crippen LogP contribution in [0.1, 0.15) is 17.0 Å². The minimum Gasteiger partial charge on any atom is -0.346 e. The molecule has 5 nitrogen and oxygen atoms in total. The molecule has 2 aromatic heterocycles. The Hall–Kier alpha value is -2.18. The van der Waals surface area contributed by atoms with Crippen molar-refractivity contribution in [1.29, 1.82) is 0 Å². The Morgan fingerprint density at radius 2 is 2.09 bits per heavy atom. The van der Waals surface area contributed by atoms with Crippen LogP contribution in [0.25, 0.3) is 10.9 Å². The predicted molar refractivity (Wildman–Crippen MR) is 93.0 cm³/mol. The van der Waals surface area contributed by atoms with Crippen LogP contribution in [0.3, 0.4) is 0 Å². The molecule has 0 aliphatic carbocycles. The lowest BCUT2D eigenvalue weighted by Crippen LogP contribution is -2.35. The number of benzene rings is 1. The summed E-state index contributed by atoms with van der Waals surface area (Å²) < 4.78 is 2.64. The summed E-state index contributed by atoms with van der Waals surface area (Å²) in [6.45, 7) is 2.46. The second-order valence-electron chi connectivity index (χ2n) is 6.08. The fraction of sp³-hybridized carbons (Fsp3) is 0.294. The SMILES string of the molecule is Cn1c(CN2CCc3c([nH]c(=S)[nH]c3=O)C2)cc2ccccc21. The first-order chi connectivity index (χ1) is 11.1. The summed E-state index contributed by atoms with van der Waals surface area (Å²) in [5, 5.41) is 1.26. The molecule has 0 amide bonds. The zero-order chi connectivity index (χ0) is 16.0. The van der Waals surface area contributed by atoms with Gasteiger partial charge in [0.1, 0.15) is 0 Å². The Morgan fingerprint density at radius 1 is 1.26 bits per heavy atom. The number of aryl methyl sites for hydroxylation is 1. The molecule has 0 atom stereocenters. The van der Waals surface area contributed by atoms with E-state index in [9.17, 15) is 4.79 Å². The summed E-state index contributed by atoms with van der Waals surface area (Å²) in [5.74, 6) is 0. The minimum absolute atomic E-state index is 0.0481. The number of nitrogens with one attached hydrogen (secondary N) is 2. The van der Waals surface area contributed by atoms with Crippen LogP contribution in [0.15, 0.2) is 35.1 Å². The number of aromatic amines is 2. The molecule has 0 saturated carbocycles. The van der Waals surface area contributed by atoms with Crippen LogP contribution in [-0.4, -0.2) is 26.0 Å². The van der Waals surface area contributed by atoms with Gasteiger partial charge in [-0.3, -0.25) is 14.7 Å². The standard InChI is InChI=1S/C17H18N4OS/c1-20-12(8-11-4-2-3-5-15(11)20)9-21-7-6-13-14(10-21)18-17(23)19-16(13)22/h2-5,8H,6-7,9-10H2,1H3,(H2,18,19,22,23). The Kier molecular flexibility index (Phi) is 3.43. The molecule has 0 spiro atoms. The van der Waals surface area contributed by atoms with E-state index < -0.39 is 0 Å². The van der Waals surface area contributed by atoms with E-state index in [2.05, 4.69) is 56.8 Å². The lowest BCUT2D eigenvalue weighted by Gasteiger charge is -2.27. The van der Waals surface area contributed by atoms with Crippen LogP contribution in [0.4, 0.5) is 0 Å². The fourth-order valence-corrected chi connectivity index (χ4v) is 3.61. The normalized spacial score (nSPS) is 15.0. The molecule has 0 bridgehead atoms. The maximum absolute atomic E-state index is 12.0. The molecule has 3 heterocycles. The molecule has 3 aromatic rings. The highest BCUT2D eigenvalue weighted by atomic mass is 32.1. The number of aromatic nitrogens is 3. The summed E-state index contributed by atoms with van der Waals surface area (Å²) in [6.07, 6.45) is 0.751. The van der Waals surface area contributed by atoms with Crippen LogP contribution in [-0.2, 0) is 26.6 Å².